The van der Waals surface area contributed by atoms with Gasteiger partial charge in [-0.05, 0) is 37.3 Å². The number of hydrogen-bond acceptors (Lipinski definition) is 3. The molecule has 21 heavy (non-hydrogen) atoms. The maximum absolute atomic E-state index is 13.4. The van der Waals surface area contributed by atoms with E-state index in [1.54, 1.807) is 18.2 Å². The second-order valence-corrected chi connectivity index (χ2v) is 6.11. The number of ether oxygens (including phenoxy) is 1. The Hall–Kier alpha value is -1.13. The van der Waals surface area contributed by atoms with E-state index in [1.807, 2.05) is 0 Å². The van der Waals surface area contributed by atoms with Crippen LogP contribution >= 0.6 is 0 Å². The maximum Gasteiger partial charge on any atom is 0.165 e. The first-order valence-electron chi connectivity index (χ1n) is 7.94. The van der Waals surface area contributed by atoms with Crippen molar-refractivity contribution >= 4 is 0 Å². The lowest BCUT2D eigenvalue weighted by atomic mass is 10.0. The predicted molar refractivity (Wildman–Crippen MR) is 81.9 cm³/mol. The van der Waals surface area contributed by atoms with Crippen molar-refractivity contribution in [3.63, 3.8) is 0 Å². The third-order valence-corrected chi connectivity index (χ3v) is 4.17. The molecule has 1 aromatic carbocycles. The van der Waals surface area contributed by atoms with Crippen molar-refractivity contribution in [2.75, 3.05) is 13.2 Å². The minimum atomic E-state index is -0.620. The first-order chi connectivity index (χ1) is 10.1. The molecule has 118 valence electrons. The summed E-state index contributed by atoms with van der Waals surface area (Å²) in [6.45, 7) is 2.91. The van der Waals surface area contributed by atoms with Gasteiger partial charge in [0.15, 0.2) is 11.6 Å². The topological polar surface area (TPSA) is 41.5 Å². The number of rotatable bonds is 6. The smallest absolute Gasteiger partial charge is 0.165 e. The molecule has 3 nitrogen and oxygen atoms in total. The molecule has 1 aliphatic rings. The van der Waals surface area contributed by atoms with Gasteiger partial charge in [-0.15, -0.1) is 0 Å². The molecule has 1 fully saturated rings. The zero-order chi connectivity index (χ0) is 15.1. The zero-order valence-corrected chi connectivity index (χ0v) is 12.7. The third kappa shape index (κ3) is 5.64. The highest BCUT2D eigenvalue weighted by atomic mass is 19.1. The molecule has 2 N–H and O–H groups in total. The van der Waals surface area contributed by atoms with Crippen molar-refractivity contribution in [2.45, 2.75) is 51.2 Å². The second kappa shape index (κ2) is 8.35. The van der Waals surface area contributed by atoms with Crippen LogP contribution in [-0.4, -0.2) is 30.4 Å². The van der Waals surface area contributed by atoms with E-state index >= 15 is 0 Å². The van der Waals surface area contributed by atoms with Crippen molar-refractivity contribution in [1.82, 2.24) is 5.32 Å². The lowest BCUT2D eigenvalue weighted by molar-refractivity contribution is 0.101. The lowest BCUT2D eigenvalue weighted by Crippen LogP contribution is -2.37. The molecule has 0 heterocycles. The molecular formula is C17H26FNO2. The van der Waals surface area contributed by atoms with Crippen LogP contribution < -0.4 is 10.1 Å². The molecule has 1 aliphatic carbocycles. The highest BCUT2D eigenvalue weighted by molar-refractivity contribution is 5.23. The van der Waals surface area contributed by atoms with E-state index in [2.05, 4.69) is 12.2 Å². The van der Waals surface area contributed by atoms with Crippen molar-refractivity contribution in [3.8, 4) is 5.75 Å². The van der Waals surface area contributed by atoms with E-state index < -0.39 is 11.9 Å². The molecule has 4 heteroatoms. The number of para-hydroxylation sites is 1. The molecule has 2 rings (SSSR count). The summed E-state index contributed by atoms with van der Waals surface area (Å²) in [5, 5.41) is 13.4. The summed E-state index contributed by atoms with van der Waals surface area (Å²) in [5.74, 6) is 0.612. The van der Waals surface area contributed by atoms with Crippen molar-refractivity contribution in [3.05, 3.63) is 30.1 Å². The molecule has 3 atom stereocenters. The van der Waals surface area contributed by atoms with E-state index in [1.165, 1.54) is 38.2 Å². The Morgan fingerprint density at radius 2 is 2.10 bits per heavy atom. The fraction of sp³-hybridized carbons (Fsp3) is 0.647. The van der Waals surface area contributed by atoms with E-state index in [-0.39, 0.29) is 12.4 Å². The van der Waals surface area contributed by atoms with E-state index in [0.717, 1.165) is 5.92 Å². The molecule has 3 unspecified atom stereocenters. The van der Waals surface area contributed by atoms with E-state index in [0.29, 0.717) is 12.6 Å². The van der Waals surface area contributed by atoms with Gasteiger partial charge in [-0.3, -0.25) is 0 Å². The first-order valence-corrected chi connectivity index (χ1v) is 7.94. The van der Waals surface area contributed by atoms with Crippen LogP contribution in [0.15, 0.2) is 24.3 Å². The Balaban J connectivity index is 1.67. The molecule has 1 aromatic rings. The van der Waals surface area contributed by atoms with Crippen LogP contribution in [0.25, 0.3) is 0 Å². The highest BCUT2D eigenvalue weighted by Gasteiger charge is 2.17. The average molecular weight is 295 g/mol. The van der Waals surface area contributed by atoms with Crippen molar-refractivity contribution < 1.29 is 14.2 Å². The van der Waals surface area contributed by atoms with Gasteiger partial charge in [0.25, 0.3) is 0 Å². The molecule has 0 amide bonds. The Kier molecular flexibility index (Phi) is 6.46. The molecule has 0 aromatic heterocycles. The van der Waals surface area contributed by atoms with Crippen molar-refractivity contribution in [1.29, 1.82) is 0 Å². The minimum Gasteiger partial charge on any atom is -0.488 e. The molecule has 0 spiro atoms. The van der Waals surface area contributed by atoms with Gasteiger partial charge < -0.3 is 15.2 Å². The van der Waals surface area contributed by atoms with E-state index in [4.69, 9.17) is 4.74 Å². The van der Waals surface area contributed by atoms with Crippen LogP contribution in [0.4, 0.5) is 4.39 Å². The lowest BCUT2D eigenvalue weighted by Gasteiger charge is -2.19. The molecule has 0 saturated heterocycles. The van der Waals surface area contributed by atoms with Crippen LogP contribution in [0, 0.1) is 11.7 Å². The zero-order valence-electron chi connectivity index (χ0n) is 12.7. The monoisotopic (exact) mass is 295 g/mol. The van der Waals surface area contributed by atoms with Crippen LogP contribution in [0.2, 0.25) is 0 Å². The van der Waals surface area contributed by atoms with Crippen molar-refractivity contribution in [2.24, 2.45) is 5.92 Å². The summed E-state index contributed by atoms with van der Waals surface area (Å²) < 4.78 is 18.7. The van der Waals surface area contributed by atoms with E-state index in [9.17, 15) is 9.50 Å². The second-order valence-electron chi connectivity index (χ2n) is 6.11. The maximum atomic E-state index is 13.4. The van der Waals surface area contributed by atoms with Gasteiger partial charge in [0.05, 0.1) is 0 Å². The van der Waals surface area contributed by atoms with Crippen LogP contribution in [-0.2, 0) is 0 Å². The predicted octanol–water partition coefficient (Wildman–Crippen LogP) is 3.12. The number of benzene rings is 1. The Labute approximate surface area is 126 Å². The van der Waals surface area contributed by atoms with Gasteiger partial charge in [-0.2, -0.15) is 0 Å². The average Bonchev–Trinajstić information content (AvgIpc) is 2.69. The summed E-state index contributed by atoms with van der Waals surface area (Å²) in [6, 6.07) is 6.75. The summed E-state index contributed by atoms with van der Waals surface area (Å²) >= 11 is 0. The number of aliphatic hydroxyl groups is 1. The third-order valence-electron chi connectivity index (χ3n) is 4.17. The Morgan fingerprint density at radius 3 is 2.90 bits per heavy atom. The highest BCUT2D eigenvalue weighted by Crippen LogP contribution is 2.22. The summed E-state index contributed by atoms with van der Waals surface area (Å²) in [6.07, 6.45) is 5.52. The molecule has 0 bridgehead atoms. The van der Waals surface area contributed by atoms with Gasteiger partial charge in [0, 0.05) is 12.6 Å². The summed E-state index contributed by atoms with van der Waals surface area (Å²) in [7, 11) is 0. The van der Waals surface area contributed by atoms with Crippen LogP contribution in [0.3, 0.4) is 0 Å². The minimum absolute atomic E-state index is 0.108. The largest absolute Gasteiger partial charge is 0.488 e. The fourth-order valence-corrected chi connectivity index (χ4v) is 2.80. The van der Waals surface area contributed by atoms with Crippen LogP contribution in [0.5, 0.6) is 5.75 Å². The van der Waals surface area contributed by atoms with Gasteiger partial charge in [-0.25, -0.2) is 4.39 Å². The number of nitrogens with one attached hydrogen (secondary N) is 1. The summed E-state index contributed by atoms with van der Waals surface area (Å²) in [5.41, 5.74) is 0. The number of hydrogen-bond donors (Lipinski definition) is 2. The quantitative estimate of drug-likeness (QED) is 0.792. The number of aliphatic hydroxyl groups excluding tert-OH is 1. The fourth-order valence-electron chi connectivity index (χ4n) is 2.80. The molecular weight excluding hydrogens is 269 g/mol. The molecule has 1 saturated carbocycles. The Morgan fingerprint density at radius 1 is 1.29 bits per heavy atom. The SMILES string of the molecule is CC1CCCC(NCC(O)COc2ccccc2F)CC1. The van der Waals surface area contributed by atoms with Gasteiger partial charge in [-0.1, -0.05) is 31.9 Å². The van der Waals surface area contributed by atoms with Gasteiger partial charge in [0.2, 0.25) is 0 Å². The number of halogens is 1. The Bertz CT molecular complexity index is 427. The molecule has 0 aliphatic heterocycles. The first kappa shape index (κ1) is 16.2. The normalized spacial score (nSPS) is 24.3. The molecule has 0 radical (unpaired) electrons. The van der Waals surface area contributed by atoms with Crippen LogP contribution in [0.1, 0.15) is 39.0 Å². The standard InChI is InChI=1S/C17H26FNO2/c1-13-5-4-6-14(10-9-13)19-11-15(20)12-21-17-8-3-2-7-16(17)18/h2-3,7-8,13-15,19-20H,4-6,9-12H2,1H3. The van der Waals surface area contributed by atoms with Gasteiger partial charge >= 0.3 is 0 Å². The van der Waals surface area contributed by atoms with Gasteiger partial charge in [0.1, 0.15) is 12.7 Å². The summed E-state index contributed by atoms with van der Waals surface area (Å²) in [4.78, 5) is 0.